The second kappa shape index (κ2) is 5.31. The fourth-order valence-electron chi connectivity index (χ4n) is 2.47. The van der Waals surface area contributed by atoms with Crippen LogP contribution in [0.3, 0.4) is 0 Å². The maximum atomic E-state index is 12.6. The number of thiophene rings is 1. The zero-order valence-corrected chi connectivity index (χ0v) is 13.9. The number of carbonyl (C=O) groups is 3. The second-order valence-electron chi connectivity index (χ2n) is 5.99. The molecular formula is C17H16N2O3S. The summed E-state index contributed by atoms with van der Waals surface area (Å²) >= 11 is 1.52. The summed E-state index contributed by atoms with van der Waals surface area (Å²) in [5.41, 5.74) is 0.524. The smallest absolute Gasteiger partial charge is 0.261 e. The Morgan fingerprint density at radius 3 is 2.48 bits per heavy atom. The van der Waals surface area contributed by atoms with Gasteiger partial charge >= 0.3 is 0 Å². The predicted molar refractivity (Wildman–Crippen MR) is 88.8 cm³/mol. The predicted octanol–water partition coefficient (Wildman–Crippen LogP) is 2.89. The van der Waals surface area contributed by atoms with Crippen molar-refractivity contribution in [2.24, 2.45) is 0 Å². The summed E-state index contributed by atoms with van der Waals surface area (Å²) in [5, 5.41) is 4.77. The fourth-order valence-corrected chi connectivity index (χ4v) is 3.32. The lowest BCUT2D eigenvalue weighted by atomic mass is 9.90. The van der Waals surface area contributed by atoms with Crippen LogP contribution in [0.5, 0.6) is 0 Å². The third-order valence-corrected chi connectivity index (χ3v) is 5.25. The summed E-state index contributed by atoms with van der Waals surface area (Å²) in [6.45, 7) is 3.70. The van der Waals surface area contributed by atoms with Gasteiger partial charge in [0, 0.05) is 17.6 Å². The molecule has 0 aliphatic carbocycles. The molecule has 0 atom stereocenters. The number of amides is 3. The Balaban J connectivity index is 1.87. The topological polar surface area (TPSA) is 66.5 Å². The van der Waals surface area contributed by atoms with E-state index in [1.54, 1.807) is 18.2 Å². The highest BCUT2D eigenvalue weighted by molar-refractivity contribution is 7.10. The van der Waals surface area contributed by atoms with E-state index in [4.69, 9.17) is 0 Å². The zero-order chi connectivity index (χ0) is 16.8. The average Bonchev–Trinajstić information content (AvgIpc) is 3.13. The van der Waals surface area contributed by atoms with Crippen molar-refractivity contribution in [2.75, 3.05) is 12.4 Å². The first-order valence-corrected chi connectivity index (χ1v) is 8.02. The molecule has 2 aromatic rings. The molecule has 0 spiro atoms. The Labute approximate surface area is 137 Å². The van der Waals surface area contributed by atoms with Crippen LogP contribution in [0.25, 0.3) is 0 Å². The molecule has 2 heterocycles. The van der Waals surface area contributed by atoms with Crippen LogP contribution in [0.15, 0.2) is 35.7 Å². The normalized spacial score (nSPS) is 14.1. The van der Waals surface area contributed by atoms with E-state index in [0.29, 0.717) is 16.8 Å². The molecule has 6 heteroatoms. The molecule has 23 heavy (non-hydrogen) atoms. The van der Waals surface area contributed by atoms with Gasteiger partial charge in [-0.1, -0.05) is 6.07 Å². The minimum atomic E-state index is -0.677. The van der Waals surface area contributed by atoms with Crippen molar-refractivity contribution >= 4 is 34.7 Å². The molecule has 0 fully saturated rings. The minimum absolute atomic E-state index is 0.162. The molecule has 1 N–H and O–H groups in total. The number of anilines is 1. The quantitative estimate of drug-likeness (QED) is 0.881. The Bertz CT molecular complexity index is 809. The summed E-state index contributed by atoms with van der Waals surface area (Å²) in [4.78, 5) is 38.5. The standard InChI is InChI=1S/C17H16N2O3S/c1-17(2,13-5-4-8-23-13)16(22)18-10-6-7-11-12(9-10)15(21)19(3)14(11)20/h4-9H,1-3H3,(H,18,22). The van der Waals surface area contributed by atoms with E-state index >= 15 is 0 Å². The van der Waals surface area contributed by atoms with Crippen molar-refractivity contribution < 1.29 is 14.4 Å². The number of imide groups is 1. The summed E-state index contributed by atoms with van der Waals surface area (Å²) in [6, 6.07) is 8.61. The van der Waals surface area contributed by atoms with E-state index in [1.807, 2.05) is 31.4 Å². The molecule has 1 aromatic carbocycles. The second-order valence-corrected chi connectivity index (χ2v) is 6.93. The minimum Gasteiger partial charge on any atom is -0.325 e. The van der Waals surface area contributed by atoms with Crippen LogP contribution in [0.4, 0.5) is 5.69 Å². The lowest BCUT2D eigenvalue weighted by Gasteiger charge is -2.22. The third kappa shape index (κ3) is 2.45. The summed E-state index contributed by atoms with van der Waals surface area (Å²) in [5.74, 6) is -0.828. The SMILES string of the molecule is CN1C(=O)c2ccc(NC(=O)C(C)(C)c3cccs3)cc2C1=O. The molecule has 1 aliphatic heterocycles. The van der Waals surface area contributed by atoms with Crippen molar-refractivity contribution in [3.05, 3.63) is 51.7 Å². The number of benzene rings is 1. The van der Waals surface area contributed by atoms with Gasteiger partial charge in [0.25, 0.3) is 11.8 Å². The molecule has 0 radical (unpaired) electrons. The van der Waals surface area contributed by atoms with Crippen LogP contribution < -0.4 is 5.32 Å². The van der Waals surface area contributed by atoms with Gasteiger partial charge in [-0.2, -0.15) is 0 Å². The summed E-state index contributed by atoms with van der Waals surface area (Å²) in [6.07, 6.45) is 0. The van der Waals surface area contributed by atoms with E-state index in [2.05, 4.69) is 5.32 Å². The highest BCUT2D eigenvalue weighted by atomic mass is 32.1. The highest BCUT2D eigenvalue weighted by Crippen LogP contribution is 2.30. The number of nitrogens with one attached hydrogen (secondary N) is 1. The highest BCUT2D eigenvalue weighted by Gasteiger charge is 2.34. The Morgan fingerprint density at radius 2 is 1.83 bits per heavy atom. The number of nitrogens with zero attached hydrogens (tertiary/aromatic N) is 1. The lowest BCUT2D eigenvalue weighted by Crippen LogP contribution is -2.34. The number of hydrogen-bond donors (Lipinski definition) is 1. The van der Waals surface area contributed by atoms with E-state index in [9.17, 15) is 14.4 Å². The Hall–Kier alpha value is -2.47. The van der Waals surface area contributed by atoms with E-state index in [1.165, 1.54) is 18.4 Å². The van der Waals surface area contributed by atoms with Gasteiger partial charge in [-0.25, -0.2) is 0 Å². The van der Waals surface area contributed by atoms with Gasteiger partial charge in [-0.3, -0.25) is 19.3 Å². The Kier molecular flexibility index (Phi) is 3.56. The van der Waals surface area contributed by atoms with Crippen LogP contribution in [0, 0.1) is 0 Å². The summed E-state index contributed by atoms with van der Waals surface area (Å²) in [7, 11) is 1.45. The van der Waals surface area contributed by atoms with Crippen LogP contribution in [0.1, 0.15) is 39.4 Å². The van der Waals surface area contributed by atoms with E-state index in [0.717, 1.165) is 9.78 Å². The first-order chi connectivity index (χ1) is 10.8. The van der Waals surface area contributed by atoms with Gasteiger partial charge in [0.2, 0.25) is 5.91 Å². The van der Waals surface area contributed by atoms with Gasteiger partial charge in [0.05, 0.1) is 16.5 Å². The summed E-state index contributed by atoms with van der Waals surface area (Å²) < 4.78 is 0. The molecule has 0 unspecified atom stereocenters. The van der Waals surface area contributed by atoms with Gasteiger partial charge in [-0.05, 0) is 43.5 Å². The van der Waals surface area contributed by atoms with Crippen LogP contribution in [-0.4, -0.2) is 29.7 Å². The van der Waals surface area contributed by atoms with Gasteiger partial charge in [0.1, 0.15) is 0 Å². The van der Waals surface area contributed by atoms with Crippen LogP contribution >= 0.6 is 11.3 Å². The molecule has 0 saturated carbocycles. The van der Waals surface area contributed by atoms with Gasteiger partial charge in [0.15, 0.2) is 0 Å². The van der Waals surface area contributed by atoms with E-state index < -0.39 is 5.41 Å². The molecule has 1 aliphatic rings. The number of hydrogen-bond acceptors (Lipinski definition) is 4. The van der Waals surface area contributed by atoms with Gasteiger partial charge < -0.3 is 5.32 Å². The third-order valence-electron chi connectivity index (χ3n) is 4.05. The van der Waals surface area contributed by atoms with Gasteiger partial charge in [-0.15, -0.1) is 11.3 Å². The molecule has 0 bridgehead atoms. The molecular weight excluding hydrogens is 312 g/mol. The van der Waals surface area contributed by atoms with Crippen LogP contribution in [-0.2, 0) is 10.2 Å². The maximum Gasteiger partial charge on any atom is 0.261 e. The lowest BCUT2D eigenvalue weighted by molar-refractivity contribution is -0.120. The first-order valence-electron chi connectivity index (χ1n) is 7.14. The van der Waals surface area contributed by atoms with Crippen molar-refractivity contribution in [1.82, 2.24) is 4.90 Å². The van der Waals surface area contributed by atoms with Crippen molar-refractivity contribution in [3.8, 4) is 0 Å². The molecule has 118 valence electrons. The van der Waals surface area contributed by atoms with Crippen molar-refractivity contribution in [2.45, 2.75) is 19.3 Å². The Morgan fingerprint density at radius 1 is 1.13 bits per heavy atom. The van der Waals surface area contributed by atoms with Crippen molar-refractivity contribution in [1.29, 1.82) is 0 Å². The fraction of sp³-hybridized carbons (Fsp3) is 0.235. The number of rotatable bonds is 3. The average molecular weight is 328 g/mol. The maximum absolute atomic E-state index is 12.6. The molecule has 1 aromatic heterocycles. The molecule has 5 nitrogen and oxygen atoms in total. The zero-order valence-electron chi connectivity index (χ0n) is 13.0. The molecule has 3 amide bonds. The number of carbonyl (C=O) groups excluding carboxylic acids is 3. The molecule has 3 rings (SSSR count). The van der Waals surface area contributed by atoms with Crippen molar-refractivity contribution in [3.63, 3.8) is 0 Å². The number of fused-ring (bicyclic) bond motifs is 1. The largest absolute Gasteiger partial charge is 0.325 e. The molecule has 0 saturated heterocycles. The first kappa shape index (κ1) is 15.4. The van der Waals surface area contributed by atoms with E-state index in [-0.39, 0.29) is 17.7 Å². The monoisotopic (exact) mass is 328 g/mol. The van der Waals surface area contributed by atoms with Crippen LogP contribution in [0.2, 0.25) is 0 Å².